The third kappa shape index (κ3) is 30.3. The van der Waals surface area contributed by atoms with Crippen molar-refractivity contribution < 1.29 is 81.8 Å². The largest absolute Gasteiger partial charge is 0.458 e. The van der Waals surface area contributed by atoms with Gasteiger partial charge in [0.05, 0.1) is 6.10 Å². The van der Waals surface area contributed by atoms with Crippen LogP contribution in [0.3, 0.4) is 0 Å². The SMILES string of the molecule is CCCCCCC(=O)N(C(=O)CCCCCC)[C@@H](C(=O)N[C@H](C(=O)N[C@H](C(=O)N[C@@H](C(=O)N1CCC[C@@H]1C(=O)N[C@@H](CCCN)C(=O)N[C@@H](C(=O)N[C@H]1C(=O)N[C@H]([C@@H](C)CC)C(=O)N[C@H](C(C)C)C(=O)N[C@@H](Cc2ccccc2)C(=O)N[C@@H](CC)C(=O)N[C@@H](C(C)C)C(=O)O[C@@H]1C)[C@@H](C)CC)C(C)C)C(C)C)[C@@H](C)O)C(C)C. The van der Waals surface area contributed by atoms with E-state index in [0.29, 0.717) is 31.2 Å². The summed E-state index contributed by atoms with van der Waals surface area (Å²) in [5.74, 6) is -16.5. The molecule has 638 valence electrons. The van der Waals surface area contributed by atoms with Gasteiger partial charge in [-0.3, -0.25) is 72.0 Å². The number of amides is 14. The topological polar surface area (TPSA) is 450 Å². The molecule has 14 N–H and O–H groups in total. The van der Waals surface area contributed by atoms with Crippen molar-refractivity contribution in [2.45, 2.75) is 338 Å². The van der Waals surface area contributed by atoms with E-state index in [0.717, 1.165) is 43.4 Å². The first kappa shape index (κ1) is 98.6. The molecule has 0 aromatic heterocycles. The summed E-state index contributed by atoms with van der Waals surface area (Å²) < 4.78 is 5.99. The number of benzene rings is 1. The van der Waals surface area contributed by atoms with Gasteiger partial charge in [-0.2, -0.15) is 0 Å². The number of hydrogen-bond donors (Lipinski definition) is 13. The van der Waals surface area contributed by atoms with Gasteiger partial charge < -0.3 is 79.0 Å². The Morgan fingerprint density at radius 3 is 1.58 bits per heavy atom. The number of hydrogen-bond acceptors (Lipinski definition) is 18. The van der Waals surface area contributed by atoms with Crippen LogP contribution >= 0.6 is 0 Å². The first-order chi connectivity index (χ1) is 53.3. The van der Waals surface area contributed by atoms with Crippen molar-refractivity contribution in [3.63, 3.8) is 0 Å². The minimum atomic E-state index is -1.83. The van der Waals surface area contributed by atoms with Crippen LogP contribution in [0.25, 0.3) is 0 Å². The van der Waals surface area contributed by atoms with E-state index in [4.69, 9.17) is 10.5 Å². The Bertz CT molecular complexity index is 3290. The molecule has 2 fully saturated rings. The Morgan fingerprint density at radius 1 is 0.549 bits per heavy atom. The number of nitrogens with one attached hydrogen (secondary N) is 11. The van der Waals surface area contributed by atoms with Gasteiger partial charge in [0, 0.05) is 25.8 Å². The molecule has 31 heteroatoms. The lowest BCUT2D eigenvalue weighted by atomic mass is 9.95. The van der Waals surface area contributed by atoms with Crippen molar-refractivity contribution in [2.24, 2.45) is 47.2 Å². The Hall–Kier alpha value is -8.61. The average Bonchev–Trinajstić information content (AvgIpc) is 1.67. The number of aliphatic hydroxyl groups excluding tert-OH is 1. The molecule has 1 aromatic carbocycles. The molecular weight excluding hydrogens is 1450 g/mol. The number of aliphatic hydroxyl groups is 1. The fraction of sp³-hybridized carbons (Fsp3) is 0.744. The minimum Gasteiger partial charge on any atom is -0.458 e. The highest BCUT2D eigenvalue weighted by atomic mass is 16.5. The Labute approximate surface area is 669 Å². The van der Waals surface area contributed by atoms with Crippen LogP contribution in [0, 0.1) is 41.4 Å². The van der Waals surface area contributed by atoms with E-state index in [-0.39, 0.29) is 64.5 Å². The molecule has 113 heavy (non-hydrogen) atoms. The van der Waals surface area contributed by atoms with Crippen LogP contribution in [-0.2, 0) is 83.1 Å². The number of cyclic esters (lactones) is 1. The number of carbonyl (C=O) groups is 15. The van der Waals surface area contributed by atoms with E-state index < -0.39 is 221 Å². The summed E-state index contributed by atoms with van der Waals surface area (Å²) in [6.45, 7) is 31.8. The van der Waals surface area contributed by atoms with Gasteiger partial charge in [-0.15, -0.1) is 0 Å². The first-order valence-electron chi connectivity index (χ1n) is 41.4. The van der Waals surface area contributed by atoms with Gasteiger partial charge in [0.2, 0.25) is 82.7 Å². The summed E-state index contributed by atoms with van der Waals surface area (Å²) in [7, 11) is 0. The summed E-state index contributed by atoms with van der Waals surface area (Å²) in [6, 6.07) is -9.32. The second-order valence-corrected chi connectivity index (χ2v) is 32.4. The molecule has 31 nitrogen and oxygen atoms in total. The fourth-order valence-corrected chi connectivity index (χ4v) is 13.7. The highest BCUT2D eigenvalue weighted by Gasteiger charge is 2.46. The van der Waals surface area contributed by atoms with Gasteiger partial charge in [0.25, 0.3) is 0 Å². The zero-order valence-electron chi connectivity index (χ0n) is 70.7. The van der Waals surface area contributed by atoms with E-state index in [1.807, 2.05) is 13.8 Å². The standard InChI is InChI=1S/C82H138N14O17/c1-20-25-27-32-40-59(98)96(60(99)41-33-28-26-21-2)69(49(14)15)80(110)93-67(52(18)97)78(108)88-62(46(8)9)75(105)89-63(47(10)11)81(111)95-43-35-39-58(95)73(103)85-56(38-34-42-83)71(101)91-65(50(16)22-3)77(107)94-68-53(19)113-82(112)64(48(12)13)90-70(100)55(24-5)84-72(102)57(44-54-36-30-29-31-37-54)86-74(104)61(45(6)7)87-76(106)66(51(17)23-4)92-79(68)109/h29-31,36-37,45-53,55-58,61-69,97H,20-28,32-35,38-44,83H2,1-19H3,(H,84,102)(H,85,103)(H,86,104)(H,87,106)(H,88,108)(H,89,105)(H,90,100)(H,91,101)(H,92,109)(H,93,110)(H,94,107)/t50-,51-,52+,53+,55-,56-,57-,58+,61+,62-,63+,64-,65+,66+,67-,68+,69+/m0/s1. The number of nitrogens with two attached hydrogens (primary N) is 1. The number of rotatable bonds is 40. The van der Waals surface area contributed by atoms with Crippen LogP contribution in [0.5, 0.6) is 0 Å². The second-order valence-electron chi connectivity index (χ2n) is 32.4. The van der Waals surface area contributed by atoms with Crippen LogP contribution in [-0.4, -0.2) is 207 Å². The van der Waals surface area contributed by atoms with Gasteiger partial charge in [0.15, 0.2) is 0 Å². The van der Waals surface area contributed by atoms with E-state index >= 15 is 9.59 Å². The smallest absolute Gasteiger partial charge is 0.329 e. The molecule has 2 heterocycles. The maximum atomic E-state index is 15.1. The molecular formula is C82H138N14O17. The van der Waals surface area contributed by atoms with Crippen LogP contribution in [0.15, 0.2) is 30.3 Å². The number of unbranched alkanes of at least 4 members (excludes halogenated alkanes) is 6. The molecule has 2 aliphatic rings. The predicted octanol–water partition coefficient (Wildman–Crippen LogP) is 4.06. The molecule has 0 aliphatic carbocycles. The molecule has 0 spiro atoms. The summed E-state index contributed by atoms with van der Waals surface area (Å²) in [5, 5.41) is 41.1. The van der Waals surface area contributed by atoms with Crippen molar-refractivity contribution in [1.29, 1.82) is 0 Å². The zero-order valence-corrected chi connectivity index (χ0v) is 70.7. The van der Waals surface area contributed by atoms with Gasteiger partial charge in [0.1, 0.15) is 84.6 Å². The molecule has 0 bridgehead atoms. The molecule has 14 amide bonds. The van der Waals surface area contributed by atoms with Gasteiger partial charge in [-0.05, 0) is 112 Å². The maximum Gasteiger partial charge on any atom is 0.329 e. The van der Waals surface area contributed by atoms with Gasteiger partial charge >= 0.3 is 5.97 Å². The molecule has 17 atom stereocenters. The summed E-state index contributed by atoms with van der Waals surface area (Å²) in [6.07, 6.45) is 4.17. The summed E-state index contributed by atoms with van der Waals surface area (Å²) in [4.78, 5) is 220. The predicted molar refractivity (Wildman–Crippen MR) is 428 cm³/mol. The van der Waals surface area contributed by atoms with Gasteiger partial charge in [-0.25, -0.2) is 4.79 Å². The van der Waals surface area contributed by atoms with Crippen molar-refractivity contribution in [3.05, 3.63) is 35.9 Å². The number of carbonyl (C=O) groups excluding carboxylic acids is 15. The van der Waals surface area contributed by atoms with E-state index in [1.54, 1.807) is 134 Å². The highest BCUT2D eigenvalue weighted by molar-refractivity contribution is 6.03. The molecule has 0 radical (unpaired) electrons. The lowest BCUT2D eigenvalue weighted by molar-refractivity contribution is -0.157. The third-order valence-electron chi connectivity index (χ3n) is 21.3. The molecule has 2 aliphatic heterocycles. The lowest BCUT2D eigenvalue weighted by Gasteiger charge is -2.34. The van der Waals surface area contributed by atoms with Crippen molar-refractivity contribution in [1.82, 2.24) is 68.3 Å². The van der Waals surface area contributed by atoms with Crippen LogP contribution in [0.4, 0.5) is 0 Å². The third-order valence-corrected chi connectivity index (χ3v) is 21.3. The number of esters is 1. The van der Waals surface area contributed by atoms with Crippen molar-refractivity contribution in [2.75, 3.05) is 13.1 Å². The average molecular weight is 1590 g/mol. The van der Waals surface area contributed by atoms with Crippen molar-refractivity contribution >= 4 is 88.7 Å². The minimum absolute atomic E-state index is 0.0125. The Balaban J connectivity index is 2.01. The first-order valence-corrected chi connectivity index (χ1v) is 41.4. The summed E-state index contributed by atoms with van der Waals surface area (Å²) in [5.41, 5.74) is 6.66. The fourth-order valence-electron chi connectivity index (χ4n) is 13.7. The maximum absolute atomic E-state index is 15.1. The monoisotopic (exact) mass is 1590 g/mol. The van der Waals surface area contributed by atoms with Crippen molar-refractivity contribution in [3.8, 4) is 0 Å². The normalized spacial score (nSPS) is 22.0. The molecule has 0 saturated carbocycles. The molecule has 1 aromatic rings. The summed E-state index contributed by atoms with van der Waals surface area (Å²) >= 11 is 0. The van der Waals surface area contributed by atoms with Gasteiger partial charge in [-0.1, -0.05) is 199 Å². The van der Waals surface area contributed by atoms with E-state index in [9.17, 15) is 67.4 Å². The molecule has 3 rings (SSSR count). The number of imide groups is 1. The number of likely N-dealkylation sites (tertiary alicyclic amines) is 1. The Morgan fingerprint density at radius 2 is 1.06 bits per heavy atom. The number of ether oxygens (including phenoxy) is 1. The number of nitrogens with zero attached hydrogens (tertiary/aromatic N) is 2. The molecule has 0 unspecified atom stereocenters. The van der Waals surface area contributed by atoms with E-state index in [2.05, 4.69) is 58.5 Å². The second kappa shape index (κ2) is 49.2. The Kier molecular flexibility index (Phi) is 42.9. The molecule has 2 saturated heterocycles. The highest BCUT2D eigenvalue weighted by Crippen LogP contribution is 2.25. The zero-order chi connectivity index (χ0) is 85.3. The van der Waals surface area contributed by atoms with Crippen LogP contribution < -0.4 is 64.2 Å². The van der Waals surface area contributed by atoms with Crippen LogP contribution in [0.1, 0.15) is 246 Å². The van der Waals surface area contributed by atoms with Crippen LogP contribution in [0.2, 0.25) is 0 Å². The lowest BCUT2D eigenvalue weighted by Crippen LogP contribution is -2.64. The quantitative estimate of drug-likeness (QED) is 0.0325. The van der Waals surface area contributed by atoms with E-state index in [1.165, 1.54) is 18.7 Å².